The maximum atomic E-state index is 13.2. The van der Waals surface area contributed by atoms with Gasteiger partial charge in [0.05, 0.1) is 6.54 Å². The highest BCUT2D eigenvalue weighted by molar-refractivity contribution is 6.18. The molecule has 0 aliphatic carbocycles. The average Bonchev–Trinajstić information content (AvgIpc) is 3.07. The second-order valence-electron chi connectivity index (χ2n) is 6.39. The molecule has 7 heteroatoms. The van der Waals surface area contributed by atoms with Crippen LogP contribution in [0.2, 0.25) is 0 Å². The standard InChI is InChI=1S/C21H24ClFN2O3/c1-3-12-24(20(26)10-11-22)15-21(27)25(14-19-9-4-16(2)28-19)13-17-5-7-18(23)8-6-17/h3-9H,1,10-15H2,2H3. The van der Waals surface area contributed by atoms with E-state index in [2.05, 4.69) is 6.58 Å². The number of benzene rings is 1. The molecule has 2 rings (SSSR count). The topological polar surface area (TPSA) is 53.8 Å². The van der Waals surface area contributed by atoms with E-state index in [4.69, 9.17) is 16.0 Å². The molecule has 0 spiro atoms. The van der Waals surface area contributed by atoms with Gasteiger partial charge >= 0.3 is 0 Å². The lowest BCUT2D eigenvalue weighted by atomic mass is 10.2. The van der Waals surface area contributed by atoms with Crippen molar-refractivity contribution in [3.8, 4) is 0 Å². The number of aryl methyl sites for hydroxylation is 1. The maximum absolute atomic E-state index is 13.2. The van der Waals surface area contributed by atoms with Crippen LogP contribution in [0, 0.1) is 12.7 Å². The number of rotatable bonds is 10. The van der Waals surface area contributed by atoms with E-state index in [1.165, 1.54) is 17.0 Å². The highest BCUT2D eigenvalue weighted by Crippen LogP contribution is 2.14. The number of furan rings is 1. The summed E-state index contributed by atoms with van der Waals surface area (Å²) < 4.78 is 18.8. The Kier molecular flexibility index (Phi) is 8.26. The first-order valence-corrected chi connectivity index (χ1v) is 9.48. The van der Waals surface area contributed by atoms with Gasteiger partial charge in [-0.3, -0.25) is 9.59 Å². The van der Waals surface area contributed by atoms with Crippen molar-refractivity contribution in [3.63, 3.8) is 0 Å². The number of carbonyl (C=O) groups is 2. The third-order valence-electron chi connectivity index (χ3n) is 4.12. The van der Waals surface area contributed by atoms with Gasteiger partial charge in [-0.1, -0.05) is 18.2 Å². The number of amides is 2. The number of halogens is 2. The van der Waals surface area contributed by atoms with Crippen molar-refractivity contribution >= 4 is 23.4 Å². The van der Waals surface area contributed by atoms with Gasteiger partial charge in [0.2, 0.25) is 11.8 Å². The molecule has 1 aromatic carbocycles. The molecular formula is C21H24ClFN2O3. The predicted octanol–water partition coefficient (Wildman–Crippen LogP) is 3.90. The van der Waals surface area contributed by atoms with Crippen LogP contribution in [0.5, 0.6) is 0 Å². The smallest absolute Gasteiger partial charge is 0.242 e. The van der Waals surface area contributed by atoms with E-state index < -0.39 is 0 Å². The van der Waals surface area contributed by atoms with Gasteiger partial charge in [0.1, 0.15) is 23.9 Å². The van der Waals surface area contributed by atoms with Gasteiger partial charge in [0, 0.05) is 25.4 Å². The first-order valence-electron chi connectivity index (χ1n) is 8.95. The summed E-state index contributed by atoms with van der Waals surface area (Å²) in [6, 6.07) is 9.59. The summed E-state index contributed by atoms with van der Waals surface area (Å²) in [6.45, 7) is 6.14. The highest BCUT2D eigenvalue weighted by atomic mass is 35.5. The molecule has 0 N–H and O–H groups in total. The molecule has 2 amide bonds. The Labute approximate surface area is 169 Å². The Bertz CT molecular complexity index is 804. The Hall–Kier alpha value is -2.60. The number of hydrogen-bond acceptors (Lipinski definition) is 3. The first-order chi connectivity index (χ1) is 13.4. The largest absolute Gasteiger partial charge is 0.464 e. The van der Waals surface area contributed by atoms with Gasteiger partial charge in [-0.2, -0.15) is 0 Å². The summed E-state index contributed by atoms with van der Waals surface area (Å²) in [5.74, 6) is 0.769. The molecule has 0 atom stereocenters. The SMILES string of the molecule is C=CCN(CC(=O)N(Cc1ccc(F)cc1)Cc1ccc(C)o1)C(=O)CCCl. The van der Waals surface area contributed by atoms with Crippen LogP contribution >= 0.6 is 11.6 Å². The second kappa shape index (κ2) is 10.7. The normalized spacial score (nSPS) is 10.5. The zero-order valence-corrected chi connectivity index (χ0v) is 16.6. The fraction of sp³-hybridized carbons (Fsp3) is 0.333. The van der Waals surface area contributed by atoms with Crippen LogP contribution in [-0.4, -0.2) is 40.6 Å². The van der Waals surface area contributed by atoms with Crippen molar-refractivity contribution in [2.75, 3.05) is 19.0 Å². The lowest BCUT2D eigenvalue weighted by Crippen LogP contribution is -2.42. The van der Waals surface area contributed by atoms with Gasteiger partial charge in [0.15, 0.2) is 0 Å². The number of hydrogen-bond donors (Lipinski definition) is 0. The lowest BCUT2D eigenvalue weighted by Gasteiger charge is -2.26. The minimum absolute atomic E-state index is 0.0946. The third kappa shape index (κ3) is 6.53. The summed E-state index contributed by atoms with van der Waals surface area (Å²) in [6.07, 6.45) is 1.72. The zero-order chi connectivity index (χ0) is 20.5. The number of carbonyl (C=O) groups excluding carboxylic acids is 2. The molecule has 28 heavy (non-hydrogen) atoms. The molecule has 0 saturated carbocycles. The molecule has 0 fully saturated rings. The predicted molar refractivity (Wildman–Crippen MR) is 106 cm³/mol. The molecule has 150 valence electrons. The highest BCUT2D eigenvalue weighted by Gasteiger charge is 2.21. The summed E-state index contributed by atoms with van der Waals surface area (Å²) >= 11 is 5.66. The van der Waals surface area contributed by atoms with E-state index in [0.717, 1.165) is 11.3 Å². The molecule has 0 bridgehead atoms. The monoisotopic (exact) mass is 406 g/mol. The zero-order valence-electron chi connectivity index (χ0n) is 15.9. The number of alkyl halides is 1. The van der Waals surface area contributed by atoms with E-state index >= 15 is 0 Å². The molecule has 0 aliphatic rings. The van der Waals surface area contributed by atoms with Gasteiger partial charge in [-0.25, -0.2) is 4.39 Å². The maximum Gasteiger partial charge on any atom is 0.242 e. The van der Waals surface area contributed by atoms with Crippen molar-refractivity contribution in [2.45, 2.75) is 26.4 Å². The molecule has 0 unspecified atom stereocenters. The fourth-order valence-corrected chi connectivity index (χ4v) is 2.87. The van der Waals surface area contributed by atoms with E-state index in [9.17, 15) is 14.0 Å². The van der Waals surface area contributed by atoms with E-state index in [-0.39, 0.29) is 56.1 Å². The van der Waals surface area contributed by atoms with Gasteiger partial charge < -0.3 is 14.2 Å². The third-order valence-corrected chi connectivity index (χ3v) is 4.31. The summed E-state index contributed by atoms with van der Waals surface area (Å²) in [5, 5.41) is 0. The van der Waals surface area contributed by atoms with Crippen molar-refractivity contribution in [2.24, 2.45) is 0 Å². The van der Waals surface area contributed by atoms with Crippen LogP contribution in [0.25, 0.3) is 0 Å². The Balaban J connectivity index is 2.17. The summed E-state index contributed by atoms with van der Waals surface area (Å²) in [4.78, 5) is 28.2. The lowest BCUT2D eigenvalue weighted by molar-refractivity contribution is -0.140. The molecule has 0 saturated heterocycles. The van der Waals surface area contributed by atoms with Crippen molar-refractivity contribution in [1.29, 1.82) is 0 Å². The average molecular weight is 407 g/mol. The summed E-state index contributed by atoms with van der Waals surface area (Å²) in [5.41, 5.74) is 0.778. The van der Waals surface area contributed by atoms with Crippen LogP contribution < -0.4 is 0 Å². The quantitative estimate of drug-likeness (QED) is 0.444. The van der Waals surface area contributed by atoms with Crippen molar-refractivity contribution < 1.29 is 18.4 Å². The van der Waals surface area contributed by atoms with Gasteiger partial charge in [0.25, 0.3) is 0 Å². The molecule has 1 heterocycles. The molecule has 0 radical (unpaired) electrons. The minimum atomic E-state index is -0.341. The molecule has 1 aromatic heterocycles. The first kappa shape index (κ1) is 21.7. The van der Waals surface area contributed by atoms with Gasteiger partial charge in [-0.15, -0.1) is 18.2 Å². The van der Waals surface area contributed by atoms with Crippen molar-refractivity contribution in [1.82, 2.24) is 9.80 Å². The number of nitrogens with zero attached hydrogens (tertiary/aromatic N) is 2. The van der Waals surface area contributed by atoms with Crippen LogP contribution in [0.15, 0.2) is 53.5 Å². The van der Waals surface area contributed by atoms with E-state index in [1.54, 1.807) is 29.2 Å². The van der Waals surface area contributed by atoms with E-state index in [1.807, 2.05) is 13.0 Å². The van der Waals surface area contributed by atoms with Crippen LogP contribution in [-0.2, 0) is 22.7 Å². The minimum Gasteiger partial charge on any atom is -0.464 e. The summed E-state index contributed by atoms with van der Waals surface area (Å²) in [7, 11) is 0. The van der Waals surface area contributed by atoms with Crippen LogP contribution in [0.3, 0.4) is 0 Å². The van der Waals surface area contributed by atoms with Gasteiger partial charge in [-0.05, 0) is 36.8 Å². The molecule has 0 aliphatic heterocycles. The van der Waals surface area contributed by atoms with Crippen LogP contribution in [0.1, 0.15) is 23.5 Å². The molecular weight excluding hydrogens is 383 g/mol. The van der Waals surface area contributed by atoms with Crippen molar-refractivity contribution in [3.05, 3.63) is 72.0 Å². The fourth-order valence-electron chi connectivity index (χ4n) is 2.71. The second-order valence-corrected chi connectivity index (χ2v) is 6.77. The van der Waals surface area contributed by atoms with E-state index in [0.29, 0.717) is 5.76 Å². The Morgan fingerprint density at radius 3 is 2.39 bits per heavy atom. The van der Waals surface area contributed by atoms with Crippen LogP contribution in [0.4, 0.5) is 4.39 Å². The molecule has 5 nitrogen and oxygen atoms in total. The Morgan fingerprint density at radius 1 is 1.11 bits per heavy atom. The molecule has 2 aromatic rings. The Morgan fingerprint density at radius 2 is 1.82 bits per heavy atom.